The smallest absolute Gasteiger partial charge is 0.174 e. The molecule has 0 bridgehead atoms. The number of halogens is 1. The van der Waals surface area contributed by atoms with Crippen molar-refractivity contribution in [1.82, 2.24) is 5.32 Å². The van der Waals surface area contributed by atoms with Crippen molar-refractivity contribution in [2.75, 3.05) is 6.54 Å². The van der Waals surface area contributed by atoms with Crippen LogP contribution in [0.5, 0.6) is 0 Å². The predicted octanol–water partition coefficient (Wildman–Crippen LogP) is 4.05. The van der Waals surface area contributed by atoms with Gasteiger partial charge in [0.15, 0.2) is 4.67 Å². The van der Waals surface area contributed by atoms with Crippen LogP contribution in [0.3, 0.4) is 0 Å². The molecule has 1 heterocycles. The lowest BCUT2D eigenvalue weighted by Gasteiger charge is -2.14. The van der Waals surface area contributed by atoms with Crippen LogP contribution in [0.15, 0.2) is 33.1 Å². The monoisotopic (exact) mass is 271 g/mol. The summed E-state index contributed by atoms with van der Waals surface area (Å²) in [5.41, 5.74) is 2.46. The lowest BCUT2D eigenvalue weighted by Crippen LogP contribution is -2.20. The summed E-state index contributed by atoms with van der Waals surface area (Å²) in [7, 11) is 0. The number of nitrogens with one attached hydrogen (secondary N) is 1. The van der Waals surface area contributed by atoms with Gasteiger partial charge in [0.2, 0.25) is 0 Å². The van der Waals surface area contributed by atoms with Gasteiger partial charge in [-0.05, 0) is 48.8 Å². The molecular weight excluding hydrogens is 254 g/mol. The van der Waals surface area contributed by atoms with E-state index in [1.807, 2.05) is 6.07 Å². The second-order valence-corrected chi connectivity index (χ2v) is 4.55. The van der Waals surface area contributed by atoms with Crippen molar-refractivity contribution in [2.45, 2.75) is 33.2 Å². The average Bonchev–Trinajstić information content (AvgIpc) is 2.58. The number of allylic oxidation sites excluding steroid dienone is 1. The number of rotatable bonds is 5. The zero-order valence-electron chi connectivity index (χ0n) is 9.51. The van der Waals surface area contributed by atoms with E-state index in [0.29, 0.717) is 0 Å². The van der Waals surface area contributed by atoms with Gasteiger partial charge in [0.25, 0.3) is 0 Å². The Balaban J connectivity index is 2.81. The molecular formula is C12H18BrNO. The highest BCUT2D eigenvalue weighted by atomic mass is 79.9. The summed E-state index contributed by atoms with van der Waals surface area (Å²) in [4.78, 5) is 0. The number of hydrogen-bond acceptors (Lipinski definition) is 2. The molecule has 0 radical (unpaired) electrons. The van der Waals surface area contributed by atoms with E-state index in [0.717, 1.165) is 23.2 Å². The molecule has 0 spiro atoms. The van der Waals surface area contributed by atoms with E-state index in [-0.39, 0.29) is 6.04 Å². The quantitative estimate of drug-likeness (QED) is 0.818. The third-order valence-corrected chi connectivity index (χ3v) is 2.74. The molecule has 15 heavy (non-hydrogen) atoms. The lowest BCUT2D eigenvalue weighted by molar-refractivity contribution is 0.525. The Morgan fingerprint density at radius 3 is 2.80 bits per heavy atom. The predicted molar refractivity (Wildman–Crippen MR) is 66.9 cm³/mol. The molecule has 1 atom stereocenters. The van der Waals surface area contributed by atoms with Crippen LogP contribution < -0.4 is 5.32 Å². The Hall–Kier alpha value is -0.540. The Kier molecular flexibility index (Phi) is 5.12. The van der Waals surface area contributed by atoms with Gasteiger partial charge in [-0.15, -0.1) is 0 Å². The van der Waals surface area contributed by atoms with E-state index in [4.69, 9.17) is 4.42 Å². The van der Waals surface area contributed by atoms with Gasteiger partial charge in [-0.2, -0.15) is 0 Å². The molecule has 1 unspecified atom stereocenters. The lowest BCUT2D eigenvalue weighted by atomic mass is 10.1. The Morgan fingerprint density at radius 2 is 2.33 bits per heavy atom. The zero-order chi connectivity index (χ0) is 11.3. The van der Waals surface area contributed by atoms with Crippen LogP contribution in [0.25, 0.3) is 0 Å². The summed E-state index contributed by atoms with van der Waals surface area (Å²) in [5.74, 6) is 0. The van der Waals surface area contributed by atoms with Gasteiger partial charge in [-0.1, -0.05) is 18.6 Å². The van der Waals surface area contributed by atoms with Crippen molar-refractivity contribution in [3.63, 3.8) is 0 Å². The first kappa shape index (κ1) is 12.5. The molecule has 1 aromatic heterocycles. The molecule has 0 aliphatic heterocycles. The second-order valence-electron chi connectivity index (χ2n) is 3.83. The van der Waals surface area contributed by atoms with Gasteiger partial charge in [0.05, 0.1) is 12.3 Å². The molecule has 0 aliphatic rings. The van der Waals surface area contributed by atoms with Gasteiger partial charge >= 0.3 is 0 Å². The van der Waals surface area contributed by atoms with E-state index in [1.165, 1.54) is 5.57 Å². The van der Waals surface area contributed by atoms with Crippen LogP contribution in [0.1, 0.15) is 38.8 Å². The SMILES string of the molecule is CCCNC(C=C(C)C)c1ccoc1Br. The summed E-state index contributed by atoms with van der Waals surface area (Å²) in [6.45, 7) is 7.38. The van der Waals surface area contributed by atoms with Crippen molar-refractivity contribution >= 4 is 15.9 Å². The Labute approximate surface area is 99.9 Å². The summed E-state index contributed by atoms with van der Waals surface area (Å²) in [6.07, 6.45) is 5.05. The molecule has 2 nitrogen and oxygen atoms in total. The number of hydrogen-bond donors (Lipinski definition) is 1. The van der Waals surface area contributed by atoms with Crippen molar-refractivity contribution in [1.29, 1.82) is 0 Å². The summed E-state index contributed by atoms with van der Waals surface area (Å²) >= 11 is 3.41. The fourth-order valence-electron chi connectivity index (χ4n) is 1.42. The molecule has 3 heteroatoms. The normalized spacial score (nSPS) is 12.5. The highest BCUT2D eigenvalue weighted by Crippen LogP contribution is 2.26. The van der Waals surface area contributed by atoms with Crippen molar-refractivity contribution in [3.8, 4) is 0 Å². The minimum Gasteiger partial charge on any atom is -0.457 e. The third-order valence-electron chi connectivity index (χ3n) is 2.10. The van der Waals surface area contributed by atoms with E-state index in [9.17, 15) is 0 Å². The van der Waals surface area contributed by atoms with Crippen LogP contribution >= 0.6 is 15.9 Å². The van der Waals surface area contributed by atoms with Crippen LogP contribution in [-0.2, 0) is 0 Å². The van der Waals surface area contributed by atoms with Gasteiger partial charge in [-0.25, -0.2) is 0 Å². The van der Waals surface area contributed by atoms with Crippen LogP contribution in [-0.4, -0.2) is 6.54 Å². The van der Waals surface area contributed by atoms with Crippen LogP contribution in [0.2, 0.25) is 0 Å². The molecule has 84 valence electrons. The maximum Gasteiger partial charge on any atom is 0.174 e. The molecule has 1 N–H and O–H groups in total. The van der Waals surface area contributed by atoms with Crippen LogP contribution in [0.4, 0.5) is 0 Å². The molecule has 0 fully saturated rings. The highest BCUT2D eigenvalue weighted by Gasteiger charge is 2.13. The van der Waals surface area contributed by atoms with Gasteiger partial charge < -0.3 is 9.73 Å². The van der Waals surface area contributed by atoms with E-state index in [1.54, 1.807) is 6.26 Å². The topological polar surface area (TPSA) is 25.2 Å². The maximum absolute atomic E-state index is 5.25. The van der Waals surface area contributed by atoms with E-state index >= 15 is 0 Å². The maximum atomic E-state index is 5.25. The minimum atomic E-state index is 0.239. The van der Waals surface area contributed by atoms with Gasteiger partial charge in [0.1, 0.15) is 0 Å². The summed E-state index contributed by atoms with van der Waals surface area (Å²) < 4.78 is 6.07. The third kappa shape index (κ3) is 3.84. The molecule has 1 rings (SSSR count). The first-order valence-corrected chi connectivity index (χ1v) is 6.05. The molecule has 0 aromatic carbocycles. The fraction of sp³-hybridized carbons (Fsp3) is 0.500. The first-order chi connectivity index (χ1) is 7.15. The van der Waals surface area contributed by atoms with Crippen LogP contribution in [0, 0.1) is 0 Å². The fourth-order valence-corrected chi connectivity index (χ4v) is 1.91. The molecule has 0 saturated carbocycles. The number of furan rings is 1. The van der Waals surface area contributed by atoms with E-state index < -0.39 is 0 Å². The second kappa shape index (κ2) is 6.13. The first-order valence-electron chi connectivity index (χ1n) is 5.26. The van der Waals surface area contributed by atoms with Gasteiger partial charge in [0, 0.05) is 5.56 Å². The molecule has 0 saturated heterocycles. The Bertz CT molecular complexity index is 326. The summed E-state index contributed by atoms with van der Waals surface area (Å²) in [6, 6.07) is 2.24. The van der Waals surface area contributed by atoms with Crippen molar-refractivity contribution < 1.29 is 4.42 Å². The summed E-state index contributed by atoms with van der Waals surface area (Å²) in [5, 5.41) is 3.48. The molecule has 0 aliphatic carbocycles. The van der Waals surface area contributed by atoms with E-state index in [2.05, 4.69) is 48.1 Å². The van der Waals surface area contributed by atoms with Gasteiger partial charge in [-0.3, -0.25) is 0 Å². The Morgan fingerprint density at radius 1 is 1.60 bits per heavy atom. The molecule has 0 amide bonds. The average molecular weight is 272 g/mol. The van der Waals surface area contributed by atoms with Crippen molar-refractivity contribution in [3.05, 3.63) is 34.2 Å². The minimum absolute atomic E-state index is 0.239. The standard InChI is InChI=1S/C12H18BrNO/c1-4-6-14-11(8-9(2)3)10-5-7-15-12(10)13/h5,7-8,11,14H,4,6H2,1-3H3. The highest BCUT2D eigenvalue weighted by molar-refractivity contribution is 9.10. The zero-order valence-corrected chi connectivity index (χ0v) is 11.1. The van der Waals surface area contributed by atoms with Crippen molar-refractivity contribution in [2.24, 2.45) is 0 Å². The largest absolute Gasteiger partial charge is 0.457 e. The molecule has 1 aromatic rings.